The van der Waals surface area contributed by atoms with E-state index in [1.54, 1.807) is 6.07 Å². The third-order valence-corrected chi connectivity index (χ3v) is 16.1. The number of amides is 2. The van der Waals surface area contributed by atoms with Gasteiger partial charge in [0.05, 0.1) is 27.1 Å². The zero-order valence-electron chi connectivity index (χ0n) is 38.6. The number of imidazole rings is 2. The molecular weight excluding hydrogens is 890 g/mol. The van der Waals surface area contributed by atoms with Gasteiger partial charge in [0.15, 0.2) is 11.1 Å². The number of nitrogens with zero attached hydrogens (tertiary/aromatic N) is 4. The van der Waals surface area contributed by atoms with E-state index in [4.69, 9.17) is 44.8 Å². The van der Waals surface area contributed by atoms with E-state index in [1.807, 2.05) is 72.8 Å². The van der Waals surface area contributed by atoms with Gasteiger partial charge in [-0.3, -0.25) is 9.59 Å². The summed E-state index contributed by atoms with van der Waals surface area (Å²) in [6.07, 6.45) is 11.8. The van der Waals surface area contributed by atoms with Crippen LogP contribution in [0.4, 0.5) is 4.39 Å². The van der Waals surface area contributed by atoms with E-state index in [1.165, 1.54) is 6.07 Å². The van der Waals surface area contributed by atoms with Crippen LogP contribution in [0.3, 0.4) is 0 Å². The lowest BCUT2D eigenvalue weighted by Crippen LogP contribution is -2.76. The second kappa shape index (κ2) is 19.3. The summed E-state index contributed by atoms with van der Waals surface area (Å²) in [5.41, 5.74) is 0.195. The van der Waals surface area contributed by atoms with Crippen molar-refractivity contribution < 1.29 is 14.0 Å². The summed E-state index contributed by atoms with van der Waals surface area (Å²) >= 11 is 20.1. The molecule has 0 spiro atoms. The summed E-state index contributed by atoms with van der Waals surface area (Å²) in [7, 11) is 0. The van der Waals surface area contributed by atoms with Crippen molar-refractivity contribution in [3.63, 3.8) is 0 Å². The Morgan fingerprint density at radius 2 is 1.08 bits per heavy atom. The van der Waals surface area contributed by atoms with Crippen LogP contribution in [0.15, 0.2) is 84.9 Å². The van der Waals surface area contributed by atoms with Gasteiger partial charge in [-0.15, -0.1) is 0 Å². The molecule has 8 nitrogen and oxygen atoms in total. The molecular formula is C54H62Cl3FN6O2. The number of carbonyl (C=O) groups excluding carboxylic acids is 2. The van der Waals surface area contributed by atoms with Crippen molar-refractivity contribution in [2.24, 2.45) is 23.7 Å². The number of halogens is 4. The Bertz CT molecular complexity index is 2690. The monoisotopic (exact) mass is 950 g/mol. The SMILES string of the molecule is CC(C)C(NC(=O)C(C1CCCCC1)(n1c(-c2ccc(Cl)cc2)nc2ccccc21)C(C(=O)NC1CCCC1)(C1CCCCC1)n1c(-c2ccc(Cl)cc2)nc2cc(F)c(Cl)cc21)C(C)C. The first-order chi connectivity index (χ1) is 31.9. The van der Waals surface area contributed by atoms with Crippen LogP contribution in [0, 0.1) is 29.5 Å². The van der Waals surface area contributed by atoms with Crippen molar-refractivity contribution in [3.05, 3.63) is 106 Å². The van der Waals surface area contributed by atoms with E-state index >= 15 is 14.0 Å². The van der Waals surface area contributed by atoms with Crippen LogP contribution in [0.25, 0.3) is 44.8 Å². The highest BCUT2D eigenvalue weighted by Gasteiger charge is 2.71. The molecule has 2 amide bonds. The normalized spacial score (nSPS) is 18.7. The zero-order valence-corrected chi connectivity index (χ0v) is 40.8. The van der Waals surface area contributed by atoms with E-state index < -0.39 is 28.7 Å². The molecule has 348 valence electrons. The highest BCUT2D eigenvalue weighted by atomic mass is 35.5. The minimum atomic E-state index is -1.77. The van der Waals surface area contributed by atoms with E-state index in [0.717, 1.165) is 75.3 Å². The van der Waals surface area contributed by atoms with Gasteiger partial charge in [-0.2, -0.15) is 0 Å². The number of benzene rings is 4. The van der Waals surface area contributed by atoms with Crippen molar-refractivity contribution in [1.29, 1.82) is 0 Å². The first kappa shape index (κ1) is 46.7. The largest absolute Gasteiger partial charge is 0.351 e. The molecule has 12 heteroatoms. The molecule has 2 N–H and O–H groups in total. The Balaban J connectivity index is 1.56. The summed E-state index contributed by atoms with van der Waals surface area (Å²) < 4.78 is 20.2. The molecule has 2 aromatic heterocycles. The summed E-state index contributed by atoms with van der Waals surface area (Å²) in [5.74, 6) is -0.767. The lowest BCUT2D eigenvalue weighted by molar-refractivity contribution is -0.163. The fourth-order valence-corrected chi connectivity index (χ4v) is 12.8. The van der Waals surface area contributed by atoms with Crippen molar-refractivity contribution in [1.82, 2.24) is 29.7 Å². The third-order valence-electron chi connectivity index (χ3n) is 15.3. The first-order valence-electron chi connectivity index (χ1n) is 24.4. The molecule has 3 fully saturated rings. The minimum Gasteiger partial charge on any atom is -0.351 e. The predicted octanol–water partition coefficient (Wildman–Crippen LogP) is 13.9. The number of fused-ring (bicyclic) bond motifs is 2. The molecule has 6 aromatic rings. The highest BCUT2D eigenvalue weighted by molar-refractivity contribution is 6.31. The summed E-state index contributed by atoms with van der Waals surface area (Å²) in [6, 6.07) is 25.7. The van der Waals surface area contributed by atoms with Gasteiger partial charge in [0.25, 0.3) is 0 Å². The van der Waals surface area contributed by atoms with Gasteiger partial charge in [-0.05, 0) is 129 Å². The number of nitrogens with one attached hydrogen (secondary N) is 2. The number of aromatic nitrogens is 4. The van der Waals surface area contributed by atoms with Gasteiger partial charge < -0.3 is 19.8 Å². The van der Waals surface area contributed by atoms with Crippen LogP contribution in [-0.4, -0.2) is 43.0 Å². The first-order valence-corrected chi connectivity index (χ1v) is 25.5. The van der Waals surface area contributed by atoms with E-state index in [0.29, 0.717) is 69.5 Å². The Morgan fingerprint density at radius 3 is 1.61 bits per heavy atom. The fraction of sp³-hybridized carbons (Fsp3) is 0.481. The maximum absolute atomic E-state index is 17.5. The van der Waals surface area contributed by atoms with Crippen molar-refractivity contribution in [2.75, 3.05) is 0 Å². The average Bonchev–Trinajstić information content (AvgIpc) is 4.07. The lowest BCUT2D eigenvalue weighted by Gasteiger charge is -2.59. The molecule has 2 heterocycles. The number of rotatable bonds is 13. The molecule has 0 bridgehead atoms. The Hall–Kier alpha value is -4.44. The zero-order chi connectivity index (χ0) is 46.3. The fourth-order valence-electron chi connectivity index (χ4n) is 12.4. The summed E-state index contributed by atoms with van der Waals surface area (Å²) in [6.45, 7) is 8.61. The minimum absolute atomic E-state index is 0.0603. The van der Waals surface area contributed by atoms with E-state index in [-0.39, 0.29) is 40.8 Å². The standard InChI is InChI=1S/C54H62Cl3FN6O2/c1-33(2)48(34(3)4)62-52(66)54(38-17-9-6-10-18-38,63-46-22-14-13-21-44(46)60-49(63)35-23-27-39(55)28-24-35)53(37-15-7-5-8-16-37,51(65)59-41-19-11-12-20-41)64-47-31-42(57)43(58)32-45(47)61-50(64)36-25-29-40(56)30-26-36/h13-14,21-34,37-38,41,48H,5-12,15-20H2,1-4H3,(H,59,65)(H,62,66). The summed E-state index contributed by atoms with van der Waals surface area (Å²) in [4.78, 5) is 45.8. The topological polar surface area (TPSA) is 93.8 Å². The van der Waals surface area contributed by atoms with Gasteiger partial charge in [0, 0.05) is 39.3 Å². The van der Waals surface area contributed by atoms with Gasteiger partial charge in [0.1, 0.15) is 17.5 Å². The molecule has 3 aliphatic rings. The van der Waals surface area contributed by atoms with Crippen LogP contribution in [0.5, 0.6) is 0 Å². The molecule has 3 saturated carbocycles. The van der Waals surface area contributed by atoms with Gasteiger partial charge in [-0.25, -0.2) is 14.4 Å². The van der Waals surface area contributed by atoms with E-state index in [9.17, 15) is 0 Å². The molecule has 0 saturated heterocycles. The summed E-state index contributed by atoms with van der Waals surface area (Å²) in [5, 5.41) is 8.49. The molecule has 2 unspecified atom stereocenters. The van der Waals surface area contributed by atoms with Crippen LogP contribution in [0.1, 0.15) is 118 Å². The van der Waals surface area contributed by atoms with Gasteiger partial charge in [0.2, 0.25) is 11.8 Å². The number of hydrogen-bond acceptors (Lipinski definition) is 4. The average molecular weight is 952 g/mol. The Labute approximate surface area is 403 Å². The van der Waals surface area contributed by atoms with E-state index in [2.05, 4.69) is 47.5 Å². The number of para-hydroxylation sites is 2. The molecule has 0 radical (unpaired) electrons. The Kier molecular flexibility index (Phi) is 13.6. The number of hydrogen-bond donors (Lipinski definition) is 2. The third kappa shape index (κ3) is 8.12. The van der Waals surface area contributed by atoms with Crippen LogP contribution >= 0.6 is 34.8 Å². The highest BCUT2D eigenvalue weighted by Crippen LogP contribution is 2.59. The van der Waals surface area contributed by atoms with Crippen LogP contribution in [-0.2, 0) is 20.7 Å². The Morgan fingerprint density at radius 1 is 0.606 bits per heavy atom. The molecule has 0 aliphatic heterocycles. The van der Waals surface area contributed by atoms with Gasteiger partial charge in [-0.1, -0.05) is 126 Å². The molecule has 66 heavy (non-hydrogen) atoms. The molecule has 4 aromatic carbocycles. The number of carbonyl (C=O) groups is 2. The molecule has 9 rings (SSSR count). The second-order valence-corrected chi connectivity index (χ2v) is 21.2. The quantitative estimate of drug-likeness (QED) is 0.121. The van der Waals surface area contributed by atoms with Crippen LogP contribution < -0.4 is 10.6 Å². The predicted molar refractivity (Wildman–Crippen MR) is 266 cm³/mol. The van der Waals surface area contributed by atoms with Crippen molar-refractivity contribution in [2.45, 2.75) is 141 Å². The molecule has 3 aliphatic carbocycles. The maximum atomic E-state index is 17.5. The van der Waals surface area contributed by atoms with Crippen molar-refractivity contribution in [3.8, 4) is 22.8 Å². The maximum Gasteiger partial charge on any atom is 0.249 e. The molecule has 2 atom stereocenters. The second-order valence-electron chi connectivity index (χ2n) is 19.9. The van der Waals surface area contributed by atoms with Crippen molar-refractivity contribution >= 4 is 68.7 Å². The van der Waals surface area contributed by atoms with Crippen LogP contribution in [0.2, 0.25) is 15.1 Å². The smallest absolute Gasteiger partial charge is 0.249 e. The lowest BCUT2D eigenvalue weighted by atomic mass is 9.55. The van der Waals surface area contributed by atoms with Gasteiger partial charge >= 0.3 is 0 Å².